The molecule has 2 unspecified atom stereocenters. The van der Waals surface area contributed by atoms with E-state index in [1.54, 1.807) is 30.5 Å². The molecular weight excluding hydrogens is 464 g/mol. The predicted molar refractivity (Wildman–Crippen MR) is 135 cm³/mol. The zero-order chi connectivity index (χ0) is 25.2. The van der Waals surface area contributed by atoms with Gasteiger partial charge in [-0.15, -0.1) is 0 Å². The van der Waals surface area contributed by atoms with E-state index >= 15 is 0 Å². The van der Waals surface area contributed by atoms with E-state index in [0.29, 0.717) is 17.7 Å². The molecule has 2 aromatic heterocycles. The highest BCUT2D eigenvalue weighted by Gasteiger charge is 2.40. The van der Waals surface area contributed by atoms with Gasteiger partial charge in [0.1, 0.15) is 11.9 Å². The Hall–Kier alpha value is -2.68. The minimum atomic E-state index is -4.21. The number of ether oxygens (including phenoxy) is 1. The summed E-state index contributed by atoms with van der Waals surface area (Å²) in [5.41, 5.74) is 0.0152. The van der Waals surface area contributed by atoms with Crippen LogP contribution in [-0.4, -0.2) is 42.5 Å². The normalized spacial score (nSPS) is 21.5. The molecule has 190 valence electrons. The van der Waals surface area contributed by atoms with Crippen LogP contribution < -0.4 is 14.4 Å². The van der Waals surface area contributed by atoms with Gasteiger partial charge in [-0.25, -0.2) is 9.71 Å². The van der Waals surface area contributed by atoms with Crippen molar-refractivity contribution in [2.24, 2.45) is 11.8 Å². The second-order valence-corrected chi connectivity index (χ2v) is 12.0. The van der Waals surface area contributed by atoms with Gasteiger partial charge in [0, 0.05) is 24.3 Å². The van der Waals surface area contributed by atoms with Crippen molar-refractivity contribution < 1.29 is 17.9 Å². The largest absolute Gasteiger partial charge is 0.474 e. The van der Waals surface area contributed by atoms with Gasteiger partial charge in [-0.1, -0.05) is 32.3 Å². The van der Waals surface area contributed by atoms with Gasteiger partial charge in [0.2, 0.25) is 5.88 Å². The zero-order valence-electron chi connectivity index (χ0n) is 21.0. The molecule has 1 N–H and O–H groups in total. The van der Waals surface area contributed by atoms with Crippen LogP contribution in [0.3, 0.4) is 0 Å². The second kappa shape index (κ2) is 10.1. The number of carbonyl (C=O) groups is 1. The van der Waals surface area contributed by atoms with Gasteiger partial charge in [0.05, 0.1) is 5.56 Å². The molecular formula is C26H36N4O4S. The Balaban J connectivity index is 1.51. The van der Waals surface area contributed by atoms with Crippen LogP contribution in [0.15, 0.2) is 41.6 Å². The topological polar surface area (TPSA) is 101 Å². The lowest BCUT2D eigenvalue weighted by Crippen LogP contribution is -2.43. The Morgan fingerprint density at radius 1 is 1.14 bits per heavy atom. The Labute approximate surface area is 208 Å². The van der Waals surface area contributed by atoms with Gasteiger partial charge in [0.15, 0.2) is 5.03 Å². The lowest BCUT2D eigenvalue weighted by molar-refractivity contribution is 0.0981. The molecule has 2 aromatic rings. The first-order chi connectivity index (χ1) is 16.6. The van der Waals surface area contributed by atoms with Crippen molar-refractivity contribution in [2.75, 3.05) is 11.4 Å². The van der Waals surface area contributed by atoms with Crippen molar-refractivity contribution in [3.8, 4) is 5.88 Å². The van der Waals surface area contributed by atoms with Gasteiger partial charge in [0.25, 0.3) is 15.9 Å². The number of sulfonamides is 1. The van der Waals surface area contributed by atoms with Crippen LogP contribution in [0.5, 0.6) is 5.88 Å². The molecule has 2 atom stereocenters. The molecule has 0 bridgehead atoms. The van der Waals surface area contributed by atoms with E-state index < -0.39 is 15.9 Å². The quantitative estimate of drug-likeness (QED) is 0.594. The van der Waals surface area contributed by atoms with Crippen LogP contribution in [0.4, 0.5) is 5.82 Å². The Bertz CT molecular complexity index is 1160. The summed E-state index contributed by atoms with van der Waals surface area (Å²) in [5.74, 6) is 0.848. The van der Waals surface area contributed by atoms with E-state index in [4.69, 9.17) is 4.74 Å². The SMILES string of the molecule is CC(Oc1cccc(S(=O)(=O)NC(=O)c2cccnc2N2CCC(C)C2(C)C)n1)C1CCCCC1. The maximum Gasteiger partial charge on any atom is 0.281 e. The maximum absolute atomic E-state index is 13.2. The molecule has 1 aliphatic carbocycles. The van der Waals surface area contributed by atoms with Crippen molar-refractivity contribution >= 4 is 21.7 Å². The third-order valence-electron chi connectivity index (χ3n) is 7.80. The van der Waals surface area contributed by atoms with E-state index in [9.17, 15) is 13.2 Å². The maximum atomic E-state index is 13.2. The van der Waals surface area contributed by atoms with Gasteiger partial charge >= 0.3 is 0 Å². The van der Waals surface area contributed by atoms with Crippen LogP contribution in [0.25, 0.3) is 0 Å². The number of pyridine rings is 2. The Kier molecular flexibility index (Phi) is 7.35. The molecule has 4 rings (SSSR count). The van der Waals surface area contributed by atoms with Crippen LogP contribution >= 0.6 is 0 Å². The molecule has 1 saturated heterocycles. The van der Waals surface area contributed by atoms with Crippen molar-refractivity contribution in [2.45, 2.75) is 82.9 Å². The van der Waals surface area contributed by atoms with E-state index in [1.807, 2.05) is 6.92 Å². The number of hydrogen-bond acceptors (Lipinski definition) is 7. The molecule has 0 radical (unpaired) electrons. The van der Waals surface area contributed by atoms with Gasteiger partial charge in [-0.2, -0.15) is 13.4 Å². The fraction of sp³-hybridized carbons (Fsp3) is 0.577. The summed E-state index contributed by atoms with van der Waals surface area (Å²) in [6.07, 6.45) is 8.38. The molecule has 9 heteroatoms. The highest BCUT2D eigenvalue weighted by Crippen LogP contribution is 2.38. The minimum absolute atomic E-state index is 0.0560. The van der Waals surface area contributed by atoms with Gasteiger partial charge < -0.3 is 9.64 Å². The van der Waals surface area contributed by atoms with Crippen molar-refractivity contribution in [3.05, 3.63) is 42.1 Å². The highest BCUT2D eigenvalue weighted by molar-refractivity contribution is 7.90. The van der Waals surface area contributed by atoms with Crippen LogP contribution in [0.1, 0.15) is 76.6 Å². The van der Waals surface area contributed by atoms with Crippen molar-refractivity contribution in [1.82, 2.24) is 14.7 Å². The molecule has 0 aromatic carbocycles. The first-order valence-corrected chi connectivity index (χ1v) is 14.0. The summed E-state index contributed by atoms with van der Waals surface area (Å²) < 4.78 is 34.3. The first kappa shape index (κ1) is 25.4. The monoisotopic (exact) mass is 500 g/mol. The van der Waals surface area contributed by atoms with E-state index in [-0.39, 0.29) is 28.1 Å². The summed E-state index contributed by atoms with van der Waals surface area (Å²) in [4.78, 5) is 23.9. The zero-order valence-corrected chi connectivity index (χ0v) is 21.8. The molecule has 2 aliphatic rings. The van der Waals surface area contributed by atoms with Crippen LogP contribution in [-0.2, 0) is 10.0 Å². The Morgan fingerprint density at radius 2 is 1.89 bits per heavy atom. The summed E-state index contributed by atoms with van der Waals surface area (Å²) in [6.45, 7) is 9.15. The lowest BCUT2D eigenvalue weighted by Gasteiger charge is -2.36. The van der Waals surface area contributed by atoms with E-state index in [2.05, 4.69) is 40.4 Å². The average molecular weight is 501 g/mol. The van der Waals surface area contributed by atoms with Gasteiger partial charge in [-0.3, -0.25) is 4.79 Å². The van der Waals surface area contributed by atoms with Crippen LogP contribution in [0.2, 0.25) is 0 Å². The molecule has 1 amide bonds. The molecule has 3 heterocycles. The third-order valence-corrected chi connectivity index (χ3v) is 9.03. The lowest BCUT2D eigenvalue weighted by atomic mass is 9.86. The molecule has 1 aliphatic heterocycles. The molecule has 0 spiro atoms. The minimum Gasteiger partial charge on any atom is -0.474 e. The molecule has 1 saturated carbocycles. The van der Waals surface area contributed by atoms with E-state index in [0.717, 1.165) is 25.8 Å². The molecule has 8 nitrogen and oxygen atoms in total. The predicted octanol–water partition coefficient (Wildman–Crippen LogP) is 4.57. The second-order valence-electron chi connectivity index (χ2n) is 10.3. The number of anilines is 1. The van der Waals surface area contributed by atoms with Crippen molar-refractivity contribution in [1.29, 1.82) is 0 Å². The number of nitrogens with one attached hydrogen (secondary N) is 1. The number of rotatable bonds is 7. The van der Waals surface area contributed by atoms with Gasteiger partial charge in [-0.05, 0) is 70.1 Å². The fourth-order valence-electron chi connectivity index (χ4n) is 5.13. The summed E-state index contributed by atoms with van der Waals surface area (Å²) in [6, 6.07) is 7.83. The number of aromatic nitrogens is 2. The molecule has 35 heavy (non-hydrogen) atoms. The summed E-state index contributed by atoms with van der Waals surface area (Å²) in [5, 5.41) is -0.250. The average Bonchev–Trinajstić information content (AvgIpc) is 3.11. The summed E-state index contributed by atoms with van der Waals surface area (Å²) >= 11 is 0. The highest BCUT2D eigenvalue weighted by atomic mass is 32.2. The Morgan fingerprint density at radius 3 is 2.57 bits per heavy atom. The first-order valence-electron chi connectivity index (χ1n) is 12.5. The standard InChI is InChI=1S/C26H36N4O4S/c1-18-15-17-30(26(18,3)4)24-21(12-9-16-27-24)25(31)29-35(32,33)23-14-8-13-22(28-23)34-19(2)20-10-6-5-7-11-20/h8-9,12-14,16,18-20H,5-7,10-11,15,17H2,1-4H3,(H,29,31). The fourth-order valence-corrected chi connectivity index (χ4v) is 6.06. The summed E-state index contributed by atoms with van der Waals surface area (Å²) in [7, 11) is -4.21. The van der Waals surface area contributed by atoms with Crippen molar-refractivity contribution in [3.63, 3.8) is 0 Å². The smallest absolute Gasteiger partial charge is 0.281 e. The number of carbonyl (C=O) groups excluding carboxylic acids is 1. The molecule has 2 fully saturated rings. The van der Waals surface area contributed by atoms with Crippen LogP contribution in [0, 0.1) is 11.8 Å². The number of nitrogens with zero attached hydrogens (tertiary/aromatic N) is 3. The third kappa shape index (κ3) is 5.44. The van der Waals surface area contributed by atoms with E-state index in [1.165, 1.54) is 25.3 Å². The number of amides is 1. The number of hydrogen-bond donors (Lipinski definition) is 1.